The number of nitrogens with zero attached hydrogens (tertiary/aromatic N) is 2. The Labute approximate surface area is 157 Å². The molecule has 26 heavy (non-hydrogen) atoms. The van der Waals surface area contributed by atoms with Crippen molar-refractivity contribution in [3.8, 4) is 11.4 Å². The van der Waals surface area contributed by atoms with Crippen molar-refractivity contribution in [2.45, 2.75) is 19.0 Å². The summed E-state index contributed by atoms with van der Waals surface area (Å²) in [5, 5.41) is 3.67. The summed E-state index contributed by atoms with van der Waals surface area (Å²) in [5.41, 5.74) is 4.22. The first kappa shape index (κ1) is 18.1. The third kappa shape index (κ3) is 4.08. The van der Waals surface area contributed by atoms with Crippen molar-refractivity contribution in [1.29, 1.82) is 0 Å². The van der Waals surface area contributed by atoms with E-state index in [-0.39, 0.29) is 11.7 Å². The highest BCUT2D eigenvalue weighted by Crippen LogP contribution is 2.24. The average Bonchev–Trinajstić information content (AvgIpc) is 3.11. The van der Waals surface area contributed by atoms with Crippen LogP contribution in [0.3, 0.4) is 0 Å². The number of carbonyl (C=O) groups excluding carboxylic acids is 1. The summed E-state index contributed by atoms with van der Waals surface area (Å²) in [6, 6.07) is 13.5. The number of anilines is 1. The number of aromatic nitrogens is 2. The molecule has 0 radical (unpaired) electrons. The highest BCUT2D eigenvalue weighted by atomic mass is 32.2. The molecule has 0 aliphatic heterocycles. The van der Waals surface area contributed by atoms with Gasteiger partial charge in [-0.15, -0.1) is 0 Å². The zero-order valence-corrected chi connectivity index (χ0v) is 15.8. The number of rotatable bonds is 6. The second-order valence-electron chi connectivity index (χ2n) is 5.87. The Hall–Kier alpha value is -2.73. The summed E-state index contributed by atoms with van der Waals surface area (Å²) in [7, 11) is 1.60. The van der Waals surface area contributed by atoms with E-state index in [0.717, 1.165) is 10.8 Å². The number of hydrogen-bond donors (Lipinski definition) is 1. The van der Waals surface area contributed by atoms with E-state index in [1.807, 2.05) is 35.0 Å². The third-order valence-electron chi connectivity index (χ3n) is 4.13. The molecule has 0 atom stereocenters. The second kappa shape index (κ2) is 8.10. The topological polar surface area (TPSA) is 56.1 Å². The number of amides is 1. The number of aryl methyl sites for hydroxylation is 1. The van der Waals surface area contributed by atoms with Gasteiger partial charge in [0.25, 0.3) is 0 Å². The molecule has 1 heterocycles. The molecule has 1 aromatic heterocycles. The van der Waals surface area contributed by atoms with Crippen molar-refractivity contribution in [3.05, 3.63) is 66.0 Å². The Morgan fingerprint density at radius 2 is 2.04 bits per heavy atom. The van der Waals surface area contributed by atoms with Gasteiger partial charge in [-0.2, -0.15) is 0 Å². The maximum atomic E-state index is 12.3. The largest absolute Gasteiger partial charge is 0.497 e. The van der Waals surface area contributed by atoms with Crippen LogP contribution in [-0.4, -0.2) is 28.3 Å². The molecule has 0 bridgehead atoms. The molecular formula is C20H21N3O2S. The summed E-state index contributed by atoms with van der Waals surface area (Å²) in [5.74, 6) is 0.902. The van der Waals surface area contributed by atoms with Crippen LogP contribution in [-0.2, 0) is 4.79 Å². The van der Waals surface area contributed by atoms with Crippen molar-refractivity contribution in [2.24, 2.45) is 0 Å². The lowest BCUT2D eigenvalue weighted by Gasteiger charge is -2.12. The monoisotopic (exact) mass is 367 g/mol. The molecule has 134 valence electrons. The van der Waals surface area contributed by atoms with Gasteiger partial charge >= 0.3 is 0 Å². The molecule has 1 amide bonds. The van der Waals surface area contributed by atoms with E-state index in [1.54, 1.807) is 19.4 Å². The number of hydrogen-bond acceptors (Lipinski definition) is 4. The molecule has 0 spiro atoms. The fraction of sp³-hybridized carbons (Fsp3) is 0.200. The van der Waals surface area contributed by atoms with Crippen molar-refractivity contribution in [3.63, 3.8) is 0 Å². The van der Waals surface area contributed by atoms with Gasteiger partial charge in [0.2, 0.25) is 5.91 Å². The number of methoxy groups -OCH3 is 1. The summed E-state index contributed by atoms with van der Waals surface area (Å²) >= 11 is 1.41. The molecule has 0 saturated carbocycles. The minimum Gasteiger partial charge on any atom is -0.497 e. The zero-order chi connectivity index (χ0) is 18.5. The van der Waals surface area contributed by atoms with Crippen molar-refractivity contribution < 1.29 is 9.53 Å². The summed E-state index contributed by atoms with van der Waals surface area (Å²) < 4.78 is 7.19. The Morgan fingerprint density at radius 1 is 1.23 bits per heavy atom. The van der Waals surface area contributed by atoms with Gasteiger partial charge in [-0.1, -0.05) is 30.0 Å². The first-order chi connectivity index (χ1) is 12.6. The van der Waals surface area contributed by atoms with Gasteiger partial charge in [0.1, 0.15) is 5.75 Å². The molecular weight excluding hydrogens is 346 g/mol. The quantitative estimate of drug-likeness (QED) is 0.663. The highest BCUT2D eigenvalue weighted by Gasteiger charge is 2.11. The van der Waals surface area contributed by atoms with E-state index >= 15 is 0 Å². The van der Waals surface area contributed by atoms with Crippen LogP contribution < -0.4 is 10.1 Å². The molecule has 2 aromatic carbocycles. The number of thioether (sulfide) groups is 1. The van der Waals surface area contributed by atoms with Gasteiger partial charge in [0.15, 0.2) is 5.16 Å². The zero-order valence-electron chi connectivity index (χ0n) is 15.0. The lowest BCUT2D eigenvalue weighted by Crippen LogP contribution is -2.14. The minimum atomic E-state index is -0.0845. The van der Waals surface area contributed by atoms with Gasteiger partial charge in [-0.25, -0.2) is 4.98 Å². The van der Waals surface area contributed by atoms with E-state index in [9.17, 15) is 4.79 Å². The molecule has 3 rings (SSSR count). The molecule has 0 aliphatic carbocycles. The maximum Gasteiger partial charge on any atom is 0.234 e. The second-order valence-corrected chi connectivity index (χ2v) is 6.81. The molecule has 1 N–H and O–H groups in total. The van der Waals surface area contributed by atoms with Crippen molar-refractivity contribution >= 4 is 23.4 Å². The van der Waals surface area contributed by atoms with E-state index in [2.05, 4.69) is 36.3 Å². The number of carbonyl (C=O) groups is 1. The number of ether oxygens (including phenoxy) is 1. The van der Waals surface area contributed by atoms with Crippen LogP contribution in [0, 0.1) is 13.8 Å². The van der Waals surface area contributed by atoms with Crippen LogP contribution in [0.5, 0.6) is 5.75 Å². The molecule has 0 unspecified atom stereocenters. The fourth-order valence-electron chi connectivity index (χ4n) is 2.60. The average molecular weight is 367 g/mol. The minimum absolute atomic E-state index is 0.0845. The van der Waals surface area contributed by atoms with Crippen LogP contribution in [0.15, 0.2) is 60.0 Å². The molecule has 5 nitrogen and oxygen atoms in total. The van der Waals surface area contributed by atoms with Crippen LogP contribution in [0.25, 0.3) is 5.69 Å². The van der Waals surface area contributed by atoms with Crippen LogP contribution in [0.2, 0.25) is 0 Å². The summed E-state index contributed by atoms with van der Waals surface area (Å²) in [4.78, 5) is 16.7. The lowest BCUT2D eigenvalue weighted by atomic mass is 10.1. The molecule has 3 aromatic rings. The summed E-state index contributed by atoms with van der Waals surface area (Å²) in [6.45, 7) is 4.18. The van der Waals surface area contributed by atoms with Gasteiger partial charge in [-0.05, 0) is 43.2 Å². The van der Waals surface area contributed by atoms with Gasteiger partial charge < -0.3 is 10.1 Å². The Bertz CT molecular complexity index is 921. The van der Waals surface area contributed by atoms with E-state index in [0.29, 0.717) is 11.4 Å². The predicted molar refractivity (Wildman–Crippen MR) is 105 cm³/mol. The Kier molecular flexibility index (Phi) is 5.63. The van der Waals surface area contributed by atoms with Crippen LogP contribution in [0.1, 0.15) is 11.1 Å². The standard InChI is InChI=1S/C20H21N3O2S/c1-14-6-4-9-18(15(14)2)23-11-10-21-20(23)26-13-19(24)22-16-7-5-8-17(12-16)25-3/h4-12H,13H2,1-3H3,(H,22,24). The van der Waals surface area contributed by atoms with Gasteiger partial charge in [-0.3, -0.25) is 9.36 Å². The number of nitrogens with one attached hydrogen (secondary N) is 1. The Balaban J connectivity index is 1.68. The fourth-order valence-corrected chi connectivity index (χ4v) is 3.37. The van der Waals surface area contributed by atoms with E-state index in [4.69, 9.17) is 4.74 Å². The lowest BCUT2D eigenvalue weighted by molar-refractivity contribution is -0.113. The van der Waals surface area contributed by atoms with Crippen LogP contribution >= 0.6 is 11.8 Å². The first-order valence-electron chi connectivity index (χ1n) is 8.25. The van der Waals surface area contributed by atoms with E-state index in [1.165, 1.54) is 22.9 Å². The van der Waals surface area contributed by atoms with Gasteiger partial charge in [0, 0.05) is 24.1 Å². The molecule has 6 heteroatoms. The maximum absolute atomic E-state index is 12.3. The van der Waals surface area contributed by atoms with E-state index < -0.39 is 0 Å². The summed E-state index contributed by atoms with van der Waals surface area (Å²) in [6.07, 6.45) is 3.67. The smallest absolute Gasteiger partial charge is 0.234 e. The number of imidazole rings is 1. The SMILES string of the molecule is COc1cccc(NC(=O)CSc2nccn2-c2cccc(C)c2C)c1. The molecule has 0 saturated heterocycles. The van der Waals surface area contributed by atoms with Crippen molar-refractivity contribution in [2.75, 3.05) is 18.2 Å². The highest BCUT2D eigenvalue weighted by molar-refractivity contribution is 7.99. The van der Waals surface area contributed by atoms with Crippen LogP contribution in [0.4, 0.5) is 5.69 Å². The van der Waals surface area contributed by atoms with Gasteiger partial charge in [0.05, 0.1) is 18.6 Å². The third-order valence-corrected chi connectivity index (χ3v) is 5.10. The Morgan fingerprint density at radius 3 is 2.85 bits per heavy atom. The number of benzene rings is 2. The first-order valence-corrected chi connectivity index (χ1v) is 9.23. The molecule has 0 fully saturated rings. The van der Waals surface area contributed by atoms with Crippen molar-refractivity contribution in [1.82, 2.24) is 9.55 Å². The predicted octanol–water partition coefficient (Wildman–Crippen LogP) is 4.23. The molecule has 0 aliphatic rings. The normalized spacial score (nSPS) is 10.6.